The summed E-state index contributed by atoms with van der Waals surface area (Å²) in [6, 6.07) is 0.506. The molecule has 0 aromatic heterocycles. The second-order valence-electron chi connectivity index (χ2n) is 6.63. The zero-order valence-corrected chi connectivity index (χ0v) is 12.9. The van der Waals surface area contributed by atoms with Crippen molar-refractivity contribution in [1.29, 1.82) is 0 Å². The van der Waals surface area contributed by atoms with Crippen LogP contribution >= 0.6 is 15.9 Å². The van der Waals surface area contributed by atoms with Gasteiger partial charge in [0.1, 0.15) is 0 Å². The quantitative estimate of drug-likeness (QED) is 0.729. The maximum Gasteiger partial charge on any atom is 0.226 e. The first kappa shape index (κ1) is 13.0. The molecule has 2 nitrogen and oxygen atoms in total. The smallest absolute Gasteiger partial charge is 0.226 e. The molecule has 0 N–H and O–H groups in total. The lowest BCUT2D eigenvalue weighted by atomic mass is 9.87. The molecule has 18 heavy (non-hydrogen) atoms. The first-order valence-corrected chi connectivity index (χ1v) is 8.51. The molecule has 3 heteroatoms. The number of fused-ring (bicyclic) bond motifs is 2. The Hall–Kier alpha value is -0.0500. The molecule has 1 saturated heterocycles. The molecule has 0 spiro atoms. The van der Waals surface area contributed by atoms with Gasteiger partial charge in [-0.2, -0.15) is 0 Å². The van der Waals surface area contributed by atoms with Gasteiger partial charge in [0.2, 0.25) is 5.91 Å². The van der Waals surface area contributed by atoms with Gasteiger partial charge in [-0.1, -0.05) is 29.3 Å². The van der Waals surface area contributed by atoms with Gasteiger partial charge in [0, 0.05) is 23.3 Å². The number of alkyl halides is 1. The van der Waals surface area contributed by atoms with Crippen molar-refractivity contribution >= 4 is 21.8 Å². The van der Waals surface area contributed by atoms with Crippen LogP contribution in [0.3, 0.4) is 0 Å². The van der Waals surface area contributed by atoms with E-state index in [0.717, 1.165) is 24.8 Å². The number of hydrogen-bond acceptors (Lipinski definition) is 1. The number of likely N-dealkylation sites (tertiary alicyclic amines) is 1. The molecule has 3 aliphatic rings. The van der Waals surface area contributed by atoms with Crippen LogP contribution in [0.5, 0.6) is 0 Å². The highest BCUT2D eigenvalue weighted by molar-refractivity contribution is 9.09. The minimum atomic E-state index is 0.384. The van der Waals surface area contributed by atoms with Crippen LogP contribution in [-0.2, 0) is 4.79 Å². The molecule has 1 heterocycles. The number of rotatable bonds is 3. The minimum Gasteiger partial charge on any atom is -0.339 e. The van der Waals surface area contributed by atoms with E-state index in [0.29, 0.717) is 22.7 Å². The molecule has 3 rings (SSSR count). The fourth-order valence-corrected chi connectivity index (χ4v) is 4.94. The fourth-order valence-electron chi connectivity index (χ4n) is 4.51. The Kier molecular flexibility index (Phi) is 3.70. The van der Waals surface area contributed by atoms with Gasteiger partial charge in [-0.25, -0.2) is 0 Å². The van der Waals surface area contributed by atoms with Gasteiger partial charge in [-0.05, 0) is 50.4 Å². The summed E-state index contributed by atoms with van der Waals surface area (Å²) in [4.78, 5) is 15.5. The summed E-state index contributed by atoms with van der Waals surface area (Å²) in [5.74, 6) is 2.48. The summed E-state index contributed by atoms with van der Waals surface area (Å²) in [7, 11) is 0. The number of carbonyl (C=O) groups excluding carboxylic acids is 1. The summed E-state index contributed by atoms with van der Waals surface area (Å²) in [5, 5.41) is 0. The Bertz CT molecular complexity index is 330. The van der Waals surface area contributed by atoms with Crippen molar-refractivity contribution in [3.05, 3.63) is 0 Å². The van der Waals surface area contributed by atoms with Crippen LogP contribution in [0.25, 0.3) is 0 Å². The SMILES string of the molecule is CC(Br)CC1CCCN1C(=O)C1CC2CCC1C2. The number of nitrogens with zero attached hydrogens (tertiary/aromatic N) is 1. The third-order valence-electron chi connectivity index (χ3n) is 5.31. The molecule has 102 valence electrons. The number of carbonyl (C=O) groups is 1. The van der Waals surface area contributed by atoms with E-state index in [2.05, 4.69) is 27.8 Å². The molecule has 2 saturated carbocycles. The summed E-state index contributed by atoms with van der Waals surface area (Å²) in [6.45, 7) is 3.20. The normalized spacial score (nSPS) is 40.4. The Morgan fingerprint density at radius 3 is 2.78 bits per heavy atom. The van der Waals surface area contributed by atoms with Crippen LogP contribution in [0.2, 0.25) is 0 Å². The molecule has 1 amide bonds. The van der Waals surface area contributed by atoms with Crippen molar-refractivity contribution in [3.8, 4) is 0 Å². The third kappa shape index (κ3) is 2.35. The Morgan fingerprint density at radius 1 is 1.33 bits per heavy atom. The largest absolute Gasteiger partial charge is 0.339 e. The standard InChI is InChI=1S/C15H24BrNO/c1-10(16)7-13-3-2-6-17(13)15(18)14-9-11-4-5-12(14)8-11/h10-14H,2-9H2,1H3. The monoisotopic (exact) mass is 313 g/mol. The average Bonchev–Trinajstić information content (AvgIpc) is 3.01. The van der Waals surface area contributed by atoms with E-state index in [4.69, 9.17) is 0 Å². The summed E-state index contributed by atoms with van der Waals surface area (Å²) >= 11 is 3.64. The highest BCUT2D eigenvalue weighted by Gasteiger charge is 2.45. The maximum atomic E-state index is 12.7. The van der Waals surface area contributed by atoms with Gasteiger partial charge in [-0.15, -0.1) is 0 Å². The predicted octanol–water partition coefficient (Wildman–Crippen LogP) is 3.59. The Balaban J connectivity index is 1.64. The highest BCUT2D eigenvalue weighted by Crippen LogP contribution is 2.49. The molecule has 5 unspecified atom stereocenters. The lowest BCUT2D eigenvalue weighted by Crippen LogP contribution is -2.41. The first-order chi connectivity index (χ1) is 8.65. The average molecular weight is 314 g/mol. The van der Waals surface area contributed by atoms with Crippen molar-refractivity contribution in [3.63, 3.8) is 0 Å². The van der Waals surface area contributed by atoms with E-state index in [-0.39, 0.29) is 0 Å². The van der Waals surface area contributed by atoms with Crippen LogP contribution in [0.15, 0.2) is 0 Å². The second kappa shape index (κ2) is 5.15. The van der Waals surface area contributed by atoms with Crippen molar-refractivity contribution in [1.82, 2.24) is 4.90 Å². The summed E-state index contributed by atoms with van der Waals surface area (Å²) in [5.41, 5.74) is 0. The fraction of sp³-hybridized carbons (Fsp3) is 0.933. The molecule has 5 atom stereocenters. The molecular formula is C15H24BrNO. The van der Waals surface area contributed by atoms with E-state index in [1.54, 1.807) is 0 Å². The van der Waals surface area contributed by atoms with E-state index in [1.807, 2.05) is 0 Å². The van der Waals surface area contributed by atoms with Gasteiger partial charge in [0.05, 0.1) is 0 Å². The molecule has 0 radical (unpaired) electrons. The van der Waals surface area contributed by atoms with Crippen molar-refractivity contribution in [2.45, 2.75) is 62.7 Å². The first-order valence-electron chi connectivity index (χ1n) is 7.59. The molecule has 0 aromatic rings. The van der Waals surface area contributed by atoms with E-state index in [1.165, 1.54) is 38.5 Å². The summed E-state index contributed by atoms with van der Waals surface area (Å²) < 4.78 is 0. The molecular weight excluding hydrogens is 290 g/mol. The molecule has 3 fully saturated rings. The van der Waals surface area contributed by atoms with Gasteiger partial charge < -0.3 is 4.90 Å². The third-order valence-corrected chi connectivity index (χ3v) is 5.69. The van der Waals surface area contributed by atoms with Crippen LogP contribution in [-0.4, -0.2) is 28.2 Å². The van der Waals surface area contributed by atoms with Crippen LogP contribution in [0, 0.1) is 17.8 Å². The minimum absolute atomic E-state index is 0.384. The van der Waals surface area contributed by atoms with Crippen molar-refractivity contribution < 1.29 is 4.79 Å². The highest BCUT2D eigenvalue weighted by atomic mass is 79.9. The summed E-state index contributed by atoms with van der Waals surface area (Å²) in [6.07, 6.45) is 8.76. The maximum absolute atomic E-state index is 12.7. The van der Waals surface area contributed by atoms with E-state index < -0.39 is 0 Å². The van der Waals surface area contributed by atoms with Crippen LogP contribution in [0.1, 0.15) is 51.9 Å². The molecule has 1 aliphatic heterocycles. The van der Waals surface area contributed by atoms with Gasteiger partial charge in [0.25, 0.3) is 0 Å². The van der Waals surface area contributed by atoms with E-state index >= 15 is 0 Å². The number of hydrogen-bond donors (Lipinski definition) is 0. The number of halogens is 1. The van der Waals surface area contributed by atoms with Gasteiger partial charge in [0.15, 0.2) is 0 Å². The topological polar surface area (TPSA) is 20.3 Å². The number of amides is 1. The lowest BCUT2D eigenvalue weighted by Gasteiger charge is -2.31. The Labute approximate surface area is 119 Å². The zero-order chi connectivity index (χ0) is 12.7. The molecule has 2 aliphatic carbocycles. The van der Waals surface area contributed by atoms with Crippen LogP contribution in [0.4, 0.5) is 0 Å². The van der Waals surface area contributed by atoms with Crippen molar-refractivity contribution in [2.75, 3.05) is 6.54 Å². The van der Waals surface area contributed by atoms with Crippen molar-refractivity contribution in [2.24, 2.45) is 17.8 Å². The lowest BCUT2D eigenvalue weighted by molar-refractivity contribution is -0.138. The molecule has 2 bridgehead atoms. The van der Waals surface area contributed by atoms with Crippen LogP contribution < -0.4 is 0 Å². The van der Waals surface area contributed by atoms with Gasteiger partial charge >= 0.3 is 0 Å². The van der Waals surface area contributed by atoms with E-state index in [9.17, 15) is 4.79 Å². The predicted molar refractivity (Wildman–Crippen MR) is 76.7 cm³/mol. The zero-order valence-electron chi connectivity index (χ0n) is 11.3. The Morgan fingerprint density at radius 2 is 2.17 bits per heavy atom. The second-order valence-corrected chi connectivity index (χ2v) is 8.19. The van der Waals surface area contributed by atoms with Gasteiger partial charge in [-0.3, -0.25) is 4.79 Å². The molecule has 0 aromatic carbocycles.